The molecule has 0 aliphatic heterocycles. The monoisotopic (exact) mass is 261 g/mol. The number of methoxy groups -OCH3 is 1. The van der Waals surface area contributed by atoms with E-state index in [1.54, 1.807) is 12.1 Å². The SMILES string of the molecule is COc1c(Br)ccc(C(O)CN)c1O. The zero-order valence-electron chi connectivity index (χ0n) is 7.70. The highest BCUT2D eigenvalue weighted by molar-refractivity contribution is 9.10. The molecule has 14 heavy (non-hydrogen) atoms. The molecule has 0 aliphatic carbocycles. The van der Waals surface area contributed by atoms with Gasteiger partial charge in [0.25, 0.3) is 0 Å². The van der Waals surface area contributed by atoms with Crippen LogP contribution < -0.4 is 10.5 Å². The van der Waals surface area contributed by atoms with Crippen molar-refractivity contribution >= 4 is 15.9 Å². The van der Waals surface area contributed by atoms with Crippen molar-refractivity contribution in [1.82, 2.24) is 0 Å². The van der Waals surface area contributed by atoms with Crippen molar-refractivity contribution < 1.29 is 14.9 Å². The molecule has 1 rings (SSSR count). The van der Waals surface area contributed by atoms with Gasteiger partial charge in [0.1, 0.15) is 0 Å². The number of hydrogen-bond acceptors (Lipinski definition) is 4. The maximum Gasteiger partial charge on any atom is 0.175 e. The number of aliphatic hydroxyl groups is 1. The number of benzene rings is 1. The largest absolute Gasteiger partial charge is 0.504 e. The predicted molar refractivity (Wildman–Crippen MR) is 56.4 cm³/mol. The molecular formula is C9H12BrNO3. The smallest absolute Gasteiger partial charge is 0.175 e. The quantitative estimate of drug-likeness (QED) is 0.763. The molecule has 4 nitrogen and oxygen atoms in total. The first-order chi connectivity index (χ1) is 6.61. The Balaban J connectivity index is 3.21. The van der Waals surface area contributed by atoms with E-state index in [-0.39, 0.29) is 12.3 Å². The van der Waals surface area contributed by atoms with E-state index in [1.807, 2.05) is 0 Å². The maximum absolute atomic E-state index is 9.70. The van der Waals surface area contributed by atoms with Gasteiger partial charge >= 0.3 is 0 Å². The molecule has 0 aliphatic rings. The van der Waals surface area contributed by atoms with Gasteiger partial charge in [0.2, 0.25) is 0 Å². The molecule has 0 spiro atoms. The third kappa shape index (κ3) is 2.00. The van der Waals surface area contributed by atoms with Gasteiger partial charge in [0, 0.05) is 12.1 Å². The van der Waals surface area contributed by atoms with Gasteiger partial charge in [0.05, 0.1) is 17.7 Å². The molecule has 1 unspecified atom stereocenters. The molecule has 0 radical (unpaired) electrons. The lowest BCUT2D eigenvalue weighted by Gasteiger charge is -2.13. The van der Waals surface area contributed by atoms with Crippen LogP contribution in [-0.4, -0.2) is 23.9 Å². The zero-order valence-corrected chi connectivity index (χ0v) is 9.28. The van der Waals surface area contributed by atoms with E-state index in [1.165, 1.54) is 7.11 Å². The molecule has 0 heterocycles. The first-order valence-corrected chi connectivity index (χ1v) is 4.84. The molecule has 0 saturated heterocycles. The van der Waals surface area contributed by atoms with Crippen molar-refractivity contribution in [3.8, 4) is 11.5 Å². The number of nitrogens with two attached hydrogens (primary N) is 1. The Bertz CT molecular complexity index is 330. The summed E-state index contributed by atoms with van der Waals surface area (Å²) in [6.45, 7) is 0.0539. The maximum atomic E-state index is 9.70. The lowest BCUT2D eigenvalue weighted by molar-refractivity contribution is 0.181. The van der Waals surface area contributed by atoms with Crippen LogP contribution in [-0.2, 0) is 0 Å². The highest BCUT2D eigenvalue weighted by Gasteiger charge is 2.16. The second-order valence-electron chi connectivity index (χ2n) is 2.77. The van der Waals surface area contributed by atoms with Crippen LogP contribution in [0.15, 0.2) is 16.6 Å². The summed E-state index contributed by atoms with van der Waals surface area (Å²) in [5.74, 6) is 0.217. The molecule has 1 atom stereocenters. The highest BCUT2D eigenvalue weighted by Crippen LogP contribution is 2.39. The lowest BCUT2D eigenvalue weighted by Crippen LogP contribution is -2.11. The summed E-state index contributed by atoms with van der Waals surface area (Å²) in [5.41, 5.74) is 5.66. The number of aromatic hydroxyl groups is 1. The van der Waals surface area contributed by atoms with Crippen molar-refractivity contribution in [3.05, 3.63) is 22.2 Å². The third-order valence-corrected chi connectivity index (χ3v) is 2.53. The van der Waals surface area contributed by atoms with E-state index in [2.05, 4.69) is 15.9 Å². The van der Waals surface area contributed by atoms with Gasteiger partial charge in [-0.1, -0.05) is 6.07 Å². The fraction of sp³-hybridized carbons (Fsp3) is 0.333. The highest BCUT2D eigenvalue weighted by atomic mass is 79.9. The van der Waals surface area contributed by atoms with E-state index in [0.29, 0.717) is 15.8 Å². The number of phenols is 1. The predicted octanol–water partition coefficient (Wildman–Crippen LogP) is 1.16. The Morgan fingerprint density at radius 1 is 1.57 bits per heavy atom. The van der Waals surface area contributed by atoms with Gasteiger partial charge in [-0.15, -0.1) is 0 Å². The summed E-state index contributed by atoms with van der Waals surface area (Å²) in [6.07, 6.45) is -0.878. The normalized spacial score (nSPS) is 12.6. The Labute approximate surface area is 90.4 Å². The molecule has 1 aromatic rings. The van der Waals surface area contributed by atoms with Gasteiger partial charge in [-0.05, 0) is 22.0 Å². The second kappa shape index (κ2) is 4.63. The summed E-state index contributed by atoms with van der Waals surface area (Å²) in [5, 5.41) is 19.2. The molecule has 0 saturated carbocycles. The number of ether oxygens (including phenoxy) is 1. The van der Waals surface area contributed by atoms with E-state index in [9.17, 15) is 10.2 Å². The summed E-state index contributed by atoms with van der Waals surface area (Å²) < 4.78 is 5.59. The van der Waals surface area contributed by atoms with E-state index in [4.69, 9.17) is 10.5 Å². The van der Waals surface area contributed by atoms with Crippen LogP contribution in [0.3, 0.4) is 0 Å². The average Bonchev–Trinajstić information content (AvgIpc) is 2.18. The van der Waals surface area contributed by atoms with Crippen LogP contribution in [0.4, 0.5) is 0 Å². The first-order valence-electron chi connectivity index (χ1n) is 4.05. The fourth-order valence-electron chi connectivity index (χ4n) is 1.15. The summed E-state index contributed by atoms with van der Waals surface area (Å²) >= 11 is 3.21. The third-order valence-electron chi connectivity index (χ3n) is 1.90. The van der Waals surface area contributed by atoms with Crippen LogP contribution in [0.1, 0.15) is 11.7 Å². The summed E-state index contributed by atoms with van der Waals surface area (Å²) in [7, 11) is 1.44. The van der Waals surface area contributed by atoms with Crippen molar-refractivity contribution in [3.63, 3.8) is 0 Å². The summed E-state index contributed by atoms with van der Waals surface area (Å²) in [6, 6.07) is 3.28. The Morgan fingerprint density at radius 2 is 2.21 bits per heavy atom. The molecule has 0 aromatic heterocycles. The lowest BCUT2D eigenvalue weighted by atomic mass is 10.1. The zero-order chi connectivity index (χ0) is 10.7. The van der Waals surface area contributed by atoms with Crippen molar-refractivity contribution in [2.24, 2.45) is 5.73 Å². The number of hydrogen-bond donors (Lipinski definition) is 3. The van der Waals surface area contributed by atoms with Gasteiger partial charge in [-0.25, -0.2) is 0 Å². The van der Waals surface area contributed by atoms with Crippen molar-refractivity contribution in [2.45, 2.75) is 6.10 Å². The Morgan fingerprint density at radius 3 is 2.71 bits per heavy atom. The standard InChI is InChI=1S/C9H12BrNO3/c1-14-9-6(10)3-2-5(8(9)13)7(12)4-11/h2-3,7,12-13H,4,11H2,1H3. The summed E-state index contributed by atoms with van der Waals surface area (Å²) in [4.78, 5) is 0. The molecular weight excluding hydrogens is 250 g/mol. The van der Waals surface area contributed by atoms with Gasteiger partial charge < -0.3 is 20.7 Å². The minimum atomic E-state index is -0.878. The minimum absolute atomic E-state index is 0.0539. The fourth-order valence-corrected chi connectivity index (χ4v) is 1.63. The molecule has 0 amide bonds. The number of halogens is 1. The van der Waals surface area contributed by atoms with E-state index >= 15 is 0 Å². The van der Waals surface area contributed by atoms with Gasteiger partial charge in [0.15, 0.2) is 11.5 Å². The van der Waals surface area contributed by atoms with Crippen LogP contribution >= 0.6 is 15.9 Å². The molecule has 4 N–H and O–H groups in total. The molecule has 1 aromatic carbocycles. The van der Waals surface area contributed by atoms with Crippen molar-refractivity contribution in [2.75, 3.05) is 13.7 Å². The molecule has 78 valence electrons. The van der Waals surface area contributed by atoms with Crippen molar-refractivity contribution in [1.29, 1.82) is 0 Å². The Hall–Kier alpha value is -0.780. The van der Waals surface area contributed by atoms with E-state index in [0.717, 1.165) is 0 Å². The molecule has 0 bridgehead atoms. The molecule has 0 fully saturated rings. The average molecular weight is 262 g/mol. The topological polar surface area (TPSA) is 75.7 Å². The van der Waals surface area contributed by atoms with Gasteiger partial charge in [-0.3, -0.25) is 0 Å². The van der Waals surface area contributed by atoms with Gasteiger partial charge in [-0.2, -0.15) is 0 Å². The van der Waals surface area contributed by atoms with Crippen LogP contribution in [0.25, 0.3) is 0 Å². The molecule has 5 heteroatoms. The van der Waals surface area contributed by atoms with E-state index < -0.39 is 6.10 Å². The van der Waals surface area contributed by atoms with Crippen LogP contribution in [0.5, 0.6) is 11.5 Å². The minimum Gasteiger partial charge on any atom is -0.504 e. The second-order valence-corrected chi connectivity index (χ2v) is 3.62. The number of aliphatic hydroxyl groups excluding tert-OH is 1. The first kappa shape index (κ1) is 11.3. The Kier molecular flexibility index (Phi) is 3.74. The van der Waals surface area contributed by atoms with Crippen LogP contribution in [0, 0.1) is 0 Å². The number of phenolic OH excluding ortho intramolecular Hbond substituents is 1. The van der Waals surface area contributed by atoms with Crippen LogP contribution in [0.2, 0.25) is 0 Å². The number of rotatable bonds is 3.